The number of pyridine rings is 1. The van der Waals surface area contributed by atoms with Crippen molar-refractivity contribution in [1.29, 1.82) is 0 Å². The van der Waals surface area contributed by atoms with Crippen LogP contribution in [0.25, 0.3) is 0 Å². The average molecular weight is 238 g/mol. The third-order valence-corrected chi connectivity index (χ3v) is 2.37. The van der Waals surface area contributed by atoms with Crippen LogP contribution in [0.15, 0.2) is 17.1 Å². The highest BCUT2D eigenvalue weighted by atomic mass is 16.4. The van der Waals surface area contributed by atoms with Crippen molar-refractivity contribution in [3.8, 4) is 0 Å². The number of hydrogen-bond donors (Lipinski definition) is 2. The Morgan fingerprint density at radius 2 is 2.12 bits per heavy atom. The van der Waals surface area contributed by atoms with Crippen molar-refractivity contribution in [3.05, 3.63) is 33.7 Å². The Balaban J connectivity index is 2.81. The summed E-state index contributed by atoms with van der Waals surface area (Å²) in [5, 5.41) is 8.52. The monoisotopic (exact) mass is 238 g/mol. The Morgan fingerprint density at radius 3 is 2.65 bits per heavy atom. The van der Waals surface area contributed by atoms with Gasteiger partial charge in [0.2, 0.25) is 5.56 Å². The minimum atomic E-state index is -0.956. The fourth-order valence-corrected chi connectivity index (χ4v) is 1.37. The van der Waals surface area contributed by atoms with E-state index in [1.54, 1.807) is 6.92 Å². The fraction of sp³-hybridized carbons (Fsp3) is 0.364. The zero-order valence-corrected chi connectivity index (χ0v) is 9.69. The van der Waals surface area contributed by atoms with Gasteiger partial charge in [0.25, 0.3) is 5.91 Å². The lowest BCUT2D eigenvalue weighted by atomic mass is 10.1. The number of carboxylic acid groups (broad SMARTS) is 1. The molecule has 0 atom stereocenters. The second-order valence-electron chi connectivity index (χ2n) is 3.76. The van der Waals surface area contributed by atoms with Crippen LogP contribution in [0.3, 0.4) is 0 Å². The summed E-state index contributed by atoms with van der Waals surface area (Å²) in [5.74, 6) is -1.26. The molecule has 0 aliphatic heterocycles. The molecule has 0 saturated heterocycles. The van der Waals surface area contributed by atoms with Crippen molar-refractivity contribution >= 4 is 11.9 Å². The summed E-state index contributed by atoms with van der Waals surface area (Å²) < 4.78 is 0. The molecule has 1 amide bonds. The molecule has 92 valence electrons. The molecule has 0 aliphatic rings. The first kappa shape index (κ1) is 13.0. The molecule has 0 aliphatic carbocycles. The molecule has 0 spiro atoms. The maximum Gasteiger partial charge on any atom is 0.305 e. The number of rotatable bonds is 4. The first-order valence-electron chi connectivity index (χ1n) is 5.08. The number of aliphatic carboxylic acids is 1. The molecule has 2 N–H and O–H groups in total. The number of aromatic amines is 1. The molecule has 0 aromatic carbocycles. The molecule has 1 rings (SSSR count). The summed E-state index contributed by atoms with van der Waals surface area (Å²) >= 11 is 0. The third-order valence-electron chi connectivity index (χ3n) is 2.37. The van der Waals surface area contributed by atoms with E-state index in [9.17, 15) is 14.4 Å². The maximum atomic E-state index is 11.9. The molecule has 0 fully saturated rings. The largest absolute Gasteiger partial charge is 0.481 e. The van der Waals surface area contributed by atoms with Crippen LogP contribution >= 0.6 is 0 Å². The van der Waals surface area contributed by atoms with Gasteiger partial charge < -0.3 is 15.0 Å². The van der Waals surface area contributed by atoms with Gasteiger partial charge in [0.05, 0.1) is 12.0 Å². The summed E-state index contributed by atoms with van der Waals surface area (Å²) in [6, 6.07) is 1.33. The van der Waals surface area contributed by atoms with Gasteiger partial charge in [0, 0.05) is 25.9 Å². The van der Waals surface area contributed by atoms with Gasteiger partial charge in [0.1, 0.15) is 0 Å². The summed E-state index contributed by atoms with van der Waals surface area (Å²) in [6.45, 7) is 1.79. The zero-order chi connectivity index (χ0) is 13.0. The van der Waals surface area contributed by atoms with Gasteiger partial charge in [-0.05, 0) is 12.5 Å². The van der Waals surface area contributed by atoms with E-state index in [2.05, 4.69) is 4.98 Å². The number of H-pyrrole nitrogens is 1. The van der Waals surface area contributed by atoms with Crippen LogP contribution in [-0.4, -0.2) is 40.5 Å². The quantitative estimate of drug-likeness (QED) is 0.785. The predicted molar refractivity (Wildman–Crippen MR) is 61.0 cm³/mol. The molecular formula is C11H14N2O4. The number of aryl methyl sites for hydroxylation is 1. The molecule has 0 radical (unpaired) electrons. The molecule has 1 aromatic rings. The van der Waals surface area contributed by atoms with Gasteiger partial charge in [-0.1, -0.05) is 0 Å². The number of carbonyl (C=O) groups excluding carboxylic acids is 1. The molecule has 6 heteroatoms. The maximum absolute atomic E-state index is 11.9. The topological polar surface area (TPSA) is 90.5 Å². The van der Waals surface area contributed by atoms with Crippen molar-refractivity contribution in [2.24, 2.45) is 0 Å². The van der Waals surface area contributed by atoms with Crippen LogP contribution in [-0.2, 0) is 4.79 Å². The van der Waals surface area contributed by atoms with Crippen molar-refractivity contribution in [2.45, 2.75) is 13.3 Å². The second-order valence-corrected chi connectivity index (χ2v) is 3.76. The first-order valence-corrected chi connectivity index (χ1v) is 5.08. The van der Waals surface area contributed by atoms with Crippen molar-refractivity contribution < 1.29 is 14.7 Å². The van der Waals surface area contributed by atoms with Gasteiger partial charge in [-0.25, -0.2) is 0 Å². The van der Waals surface area contributed by atoms with Gasteiger partial charge in [-0.3, -0.25) is 14.4 Å². The van der Waals surface area contributed by atoms with E-state index in [1.165, 1.54) is 24.2 Å². The summed E-state index contributed by atoms with van der Waals surface area (Å²) in [7, 11) is 1.52. The highest BCUT2D eigenvalue weighted by Crippen LogP contribution is 2.06. The highest BCUT2D eigenvalue weighted by molar-refractivity contribution is 5.95. The van der Waals surface area contributed by atoms with E-state index < -0.39 is 5.97 Å². The van der Waals surface area contributed by atoms with E-state index in [1.807, 2.05) is 0 Å². The number of carboxylic acids is 1. The number of nitrogens with zero attached hydrogens (tertiary/aromatic N) is 1. The number of aromatic nitrogens is 1. The summed E-state index contributed by atoms with van der Waals surface area (Å²) in [6.07, 6.45) is 1.24. The van der Waals surface area contributed by atoms with Crippen molar-refractivity contribution in [2.75, 3.05) is 13.6 Å². The Hall–Kier alpha value is -2.11. The number of amides is 1. The normalized spacial score (nSPS) is 10.0. The lowest BCUT2D eigenvalue weighted by Crippen LogP contribution is -2.30. The van der Waals surface area contributed by atoms with Crippen LogP contribution < -0.4 is 5.56 Å². The summed E-state index contributed by atoms with van der Waals surface area (Å²) in [5.41, 5.74) is 0.672. The molecule has 0 unspecified atom stereocenters. The zero-order valence-electron chi connectivity index (χ0n) is 9.69. The fourth-order valence-electron chi connectivity index (χ4n) is 1.37. The number of carbonyl (C=O) groups is 2. The van der Waals surface area contributed by atoms with Gasteiger partial charge in [0.15, 0.2) is 0 Å². The molecule has 1 heterocycles. The first-order chi connectivity index (χ1) is 7.91. The van der Waals surface area contributed by atoms with Crippen LogP contribution in [0.2, 0.25) is 0 Å². The number of nitrogens with one attached hydrogen (secondary N) is 1. The average Bonchev–Trinajstić information content (AvgIpc) is 2.25. The van der Waals surface area contributed by atoms with Crippen molar-refractivity contribution in [3.63, 3.8) is 0 Å². The number of hydrogen-bond acceptors (Lipinski definition) is 3. The Bertz CT molecular complexity index is 492. The molecule has 17 heavy (non-hydrogen) atoms. The van der Waals surface area contributed by atoms with Crippen molar-refractivity contribution in [1.82, 2.24) is 9.88 Å². The molecular weight excluding hydrogens is 224 g/mol. The minimum absolute atomic E-state index is 0.107. The van der Waals surface area contributed by atoms with Crippen LogP contribution in [0.1, 0.15) is 22.3 Å². The van der Waals surface area contributed by atoms with E-state index in [4.69, 9.17) is 5.11 Å². The smallest absolute Gasteiger partial charge is 0.305 e. The van der Waals surface area contributed by atoms with Crippen LogP contribution in [0, 0.1) is 6.92 Å². The summed E-state index contributed by atoms with van der Waals surface area (Å²) in [4.78, 5) is 37.0. The minimum Gasteiger partial charge on any atom is -0.481 e. The molecule has 0 bridgehead atoms. The van der Waals surface area contributed by atoms with Gasteiger partial charge in [-0.15, -0.1) is 0 Å². The Morgan fingerprint density at radius 1 is 1.47 bits per heavy atom. The SMILES string of the molecule is Cc1cc(=O)[nH]cc1C(=O)N(C)CCC(=O)O. The van der Waals surface area contributed by atoms with E-state index in [-0.39, 0.29) is 24.4 Å². The lowest BCUT2D eigenvalue weighted by Gasteiger charge is -2.16. The lowest BCUT2D eigenvalue weighted by molar-refractivity contribution is -0.137. The molecule has 0 saturated carbocycles. The van der Waals surface area contributed by atoms with Gasteiger partial charge in [-0.2, -0.15) is 0 Å². The highest BCUT2D eigenvalue weighted by Gasteiger charge is 2.15. The van der Waals surface area contributed by atoms with Crippen LogP contribution in [0.4, 0.5) is 0 Å². The van der Waals surface area contributed by atoms with E-state index in [0.717, 1.165) is 0 Å². The molecule has 1 aromatic heterocycles. The van der Waals surface area contributed by atoms with Gasteiger partial charge >= 0.3 is 5.97 Å². The van der Waals surface area contributed by atoms with Crippen LogP contribution in [0.5, 0.6) is 0 Å². The standard InChI is InChI=1S/C11H14N2O4/c1-7-5-9(14)12-6-8(7)11(17)13(2)4-3-10(15)16/h5-6H,3-4H2,1-2H3,(H,12,14)(H,15,16). The Kier molecular flexibility index (Phi) is 4.03. The molecule has 6 nitrogen and oxygen atoms in total. The van der Waals surface area contributed by atoms with E-state index in [0.29, 0.717) is 11.1 Å². The Labute approximate surface area is 97.9 Å². The predicted octanol–water partition coefficient (Wildman–Crippen LogP) is 0.230. The third kappa shape index (κ3) is 3.44. The van der Waals surface area contributed by atoms with E-state index >= 15 is 0 Å². The second kappa shape index (κ2) is 5.29.